The van der Waals surface area contributed by atoms with Crippen LogP contribution >= 0.6 is 11.6 Å². The van der Waals surface area contributed by atoms with Gasteiger partial charge in [0.15, 0.2) is 6.29 Å². The molecule has 0 radical (unpaired) electrons. The van der Waals surface area contributed by atoms with E-state index in [1.165, 1.54) is 12.8 Å². The van der Waals surface area contributed by atoms with Crippen molar-refractivity contribution in [3.05, 3.63) is 0 Å². The Hall–Kier alpha value is 0.170. The fourth-order valence-electron chi connectivity index (χ4n) is 2.48. The molecule has 2 aliphatic heterocycles. The van der Waals surface area contributed by atoms with Crippen LogP contribution in [0.3, 0.4) is 0 Å². The van der Waals surface area contributed by atoms with Gasteiger partial charge >= 0.3 is 0 Å². The van der Waals surface area contributed by atoms with Crippen LogP contribution in [0.2, 0.25) is 0 Å². The number of alkyl halides is 1. The molecular weight excluding hydrogens is 204 g/mol. The molecule has 0 N–H and O–H groups in total. The highest BCUT2D eigenvalue weighted by molar-refractivity contribution is 6.18. The number of hydrogen-bond acceptors (Lipinski definition) is 3. The fourth-order valence-corrected chi connectivity index (χ4v) is 2.64. The van der Waals surface area contributed by atoms with Crippen LogP contribution in [0.1, 0.15) is 19.3 Å². The highest BCUT2D eigenvalue weighted by Crippen LogP contribution is 2.42. The minimum Gasteiger partial charge on any atom is -0.370 e. The van der Waals surface area contributed by atoms with Crippen LogP contribution in [0.4, 0.5) is 0 Å². The molecule has 14 heavy (non-hydrogen) atoms. The lowest BCUT2D eigenvalue weighted by atomic mass is 9.89. The second kappa shape index (κ2) is 3.63. The lowest BCUT2D eigenvalue weighted by molar-refractivity contribution is -0.100. The minimum absolute atomic E-state index is 0.0242. The molecule has 80 valence electrons. The molecule has 3 fully saturated rings. The maximum Gasteiger partial charge on any atom is 0.161 e. The van der Waals surface area contributed by atoms with Gasteiger partial charge in [0.05, 0.1) is 30.8 Å². The Kier molecular flexibility index (Phi) is 2.44. The molecule has 4 heteroatoms. The van der Waals surface area contributed by atoms with E-state index in [2.05, 4.69) is 0 Å². The van der Waals surface area contributed by atoms with Gasteiger partial charge < -0.3 is 14.2 Å². The summed E-state index contributed by atoms with van der Waals surface area (Å²) in [6.07, 6.45) is 4.56. The third-order valence-electron chi connectivity index (χ3n) is 3.37. The number of rotatable bonds is 2. The van der Waals surface area contributed by atoms with Gasteiger partial charge in [-0.2, -0.15) is 0 Å². The number of hydrogen-bond donors (Lipinski definition) is 0. The molecule has 2 heterocycles. The zero-order valence-corrected chi connectivity index (χ0v) is 8.78. The van der Waals surface area contributed by atoms with Crippen LogP contribution in [0.25, 0.3) is 0 Å². The summed E-state index contributed by atoms with van der Waals surface area (Å²) in [5.41, 5.74) is 0. The third kappa shape index (κ3) is 1.67. The Morgan fingerprint density at radius 2 is 2.07 bits per heavy atom. The van der Waals surface area contributed by atoms with E-state index >= 15 is 0 Å². The molecular formula is C10H15ClO3. The van der Waals surface area contributed by atoms with E-state index < -0.39 is 0 Å². The zero-order chi connectivity index (χ0) is 9.54. The normalized spacial score (nSPS) is 51.6. The van der Waals surface area contributed by atoms with E-state index in [0.29, 0.717) is 30.6 Å². The lowest BCUT2D eigenvalue weighted by Gasteiger charge is -2.23. The molecule has 1 aliphatic carbocycles. The van der Waals surface area contributed by atoms with Crippen molar-refractivity contribution in [2.24, 2.45) is 5.92 Å². The van der Waals surface area contributed by atoms with Gasteiger partial charge in [0.1, 0.15) is 0 Å². The van der Waals surface area contributed by atoms with E-state index in [-0.39, 0.29) is 12.4 Å². The minimum atomic E-state index is -0.0242. The Balaban J connectivity index is 1.55. The van der Waals surface area contributed by atoms with Crippen molar-refractivity contribution in [1.29, 1.82) is 0 Å². The summed E-state index contributed by atoms with van der Waals surface area (Å²) in [6.45, 7) is 0.652. The Labute approximate surface area is 88.7 Å². The third-order valence-corrected chi connectivity index (χ3v) is 3.72. The molecule has 0 amide bonds. The molecule has 2 saturated heterocycles. The SMILES string of the molecule is ClC[C@H]1CO[C@@H]([C@@H]2CC[C@H]3O[C@H]3C2)O1. The second-order valence-corrected chi connectivity index (χ2v) is 4.71. The van der Waals surface area contributed by atoms with Crippen molar-refractivity contribution in [1.82, 2.24) is 0 Å². The van der Waals surface area contributed by atoms with Crippen molar-refractivity contribution in [3.8, 4) is 0 Å². The van der Waals surface area contributed by atoms with Crippen LogP contribution in [0, 0.1) is 5.92 Å². The molecule has 0 aromatic carbocycles. The maximum atomic E-state index is 5.72. The van der Waals surface area contributed by atoms with Crippen molar-refractivity contribution >= 4 is 11.6 Å². The van der Waals surface area contributed by atoms with Gasteiger partial charge in [0, 0.05) is 5.92 Å². The molecule has 3 rings (SSSR count). The summed E-state index contributed by atoms with van der Waals surface area (Å²) in [5.74, 6) is 1.05. The van der Waals surface area contributed by atoms with Gasteiger partial charge in [-0.1, -0.05) is 0 Å². The van der Waals surface area contributed by atoms with Crippen LogP contribution in [0.15, 0.2) is 0 Å². The summed E-state index contributed by atoms with van der Waals surface area (Å²) < 4.78 is 16.8. The highest BCUT2D eigenvalue weighted by Gasteiger charge is 2.47. The predicted molar refractivity (Wildman–Crippen MR) is 51.3 cm³/mol. The summed E-state index contributed by atoms with van der Waals surface area (Å²) in [5, 5.41) is 0. The lowest BCUT2D eigenvalue weighted by Crippen LogP contribution is -2.27. The van der Waals surface area contributed by atoms with Gasteiger partial charge in [-0.15, -0.1) is 11.6 Å². The monoisotopic (exact) mass is 218 g/mol. The van der Waals surface area contributed by atoms with Crippen molar-refractivity contribution in [3.63, 3.8) is 0 Å². The first-order valence-corrected chi connectivity index (χ1v) is 5.89. The van der Waals surface area contributed by atoms with Crippen LogP contribution in [0.5, 0.6) is 0 Å². The zero-order valence-electron chi connectivity index (χ0n) is 8.02. The molecule has 3 nitrogen and oxygen atoms in total. The molecule has 0 bridgehead atoms. The van der Waals surface area contributed by atoms with Gasteiger partial charge in [0.25, 0.3) is 0 Å². The number of epoxide rings is 1. The van der Waals surface area contributed by atoms with Crippen LogP contribution < -0.4 is 0 Å². The Morgan fingerprint density at radius 3 is 2.79 bits per heavy atom. The summed E-state index contributed by atoms with van der Waals surface area (Å²) in [4.78, 5) is 0. The molecule has 0 unspecified atom stereocenters. The van der Waals surface area contributed by atoms with Gasteiger partial charge in [-0.3, -0.25) is 0 Å². The van der Waals surface area contributed by atoms with Crippen molar-refractivity contribution < 1.29 is 14.2 Å². The van der Waals surface area contributed by atoms with Crippen LogP contribution in [-0.4, -0.2) is 37.1 Å². The van der Waals surface area contributed by atoms with E-state index in [1.807, 2.05) is 0 Å². The average molecular weight is 219 g/mol. The first-order chi connectivity index (χ1) is 6.86. The molecule has 5 atom stereocenters. The fraction of sp³-hybridized carbons (Fsp3) is 1.00. The molecule has 0 aromatic heterocycles. The summed E-state index contributed by atoms with van der Waals surface area (Å²) in [7, 11) is 0. The molecule has 0 aromatic rings. The quantitative estimate of drug-likeness (QED) is 0.520. The summed E-state index contributed by atoms with van der Waals surface area (Å²) >= 11 is 5.72. The first kappa shape index (κ1) is 9.40. The Bertz CT molecular complexity index is 223. The van der Waals surface area contributed by atoms with Gasteiger partial charge in [-0.25, -0.2) is 0 Å². The topological polar surface area (TPSA) is 31.0 Å². The Morgan fingerprint density at radius 1 is 1.14 bits per heavy atom. The van der Waals surface area contributed by atoms with E-state index in [0.717, 1.165) is 6.42 Å². The van der Waals surface area contributed by atoms with E-state index in [4.69, 9.17) is 25.8 Å². The van der Waals surface area contributed by atoms with E-state index in [9.17, 15) is 0 Å². The van der Waals surface area contributed by atoms with Crippen molar-refractivity contribution in [2.45, 2.75) is 43.9 Å². The number of fused-ring (bicyclic) bond motifs is 1. The molecule has 0 spiro atoms. The van der Waals surface area contributed by atoms with Gasteiger partial charge in [0.2, 0.25) is 0 Å². The predicted octanol–water partition coefficient (Wildman–Crippen LogP) is 1.53. The largest absolute Gasteiger partial charge is 0.370 e. The second-order valence-electron chi connectivity index (χ2n) is 4.40. The van der Waals surface area contributed by atoms with Crippen molar-refractivity contribution in [2.75, 3.05) is 12.5 Å². The smallest absolute Gasteiger partial charge is 0.161 e. The molecule has 1 saturated carbocycles. The van der Waals surface area contributed by atoms with E-state index in [1.54, 1.807) is 0 Å². The summed E-state index contributed by atoms with van der Waals surface area (Å²) in [6, 6.07) is 0. The maximum absolute atomic E-state index is 5.72. The standard InChI is InChI=1S/C10H15ClO3/c11-4-7-5-12-10(13-7)6-1-2-8-9(3-6)14-8/h6-10H,1-5H2/t6-,7+,8-,9+,10-/m1/s1. The van der Waals surface area contributed by atoms with Gasteiger partial charge in [-0.05, 0) is 19.3 Å². The number of halogens is 1. The highest BCUT2D eigenvalue weighted by atomic mass is 35.5. The average Bonchev–Trinajstić information content (AvgIpc) is 2.84. The van der Waals surface area contributed by atoms with Crippen LogP contribution in [-0.2, 0) is 14.2 Å². The first-order valence-electron chi connectivity index (χ1n) is 5.35. The molecule has 3 aliphatic rings. The number of ether oxygens (including phenoxy) is 3.